The molecule has 0 atom stereocenters. The Morgan fingerprint density at radius 1 is 1.19 bits per heavy atom. The number of imidazole rings is 1. The van der Waals surface area contributed by atoms with E-state index < -0.39 is 0 Å². The van der Waals surface area contributed by atoms with Crippen LogP contribution in [0, 0.1) is 5.82 Å². The Bertz CT molecular complexity index is 612. The summed E-state index contributed by atoms with van der Waals surface area (Å²) in [6.07, 6.45) is 6.88. The molecule has 0 spiro atoms. The minimum atomic E-state index is -0.265. The van der Waals surface area contributed by atoms with E-state index in [4.69, 9.17) is 0 Å². The number of hydrogen-bond acceptors (Lipinski definition) is 2. The lowest BCUT2D eigenvalue weighted by Crippen LogP contribution is -1.82. The smallest absolute Gasteiger partial charge is 0.155 e. The molecule has 0 bridgehead atoms. The molecule has 0 amide bonds. The van der Waals surface area contributed by atoms with E-state index in [2.05, 4.69) is 9.97 Å². The van der Waals surface area contributed by atoms with Gasteiger partial charge in [-0.05, 0) is 12.1 Å². The molecule has 2 heterocycles. The fourth-order valence-electron chi connectivity index (χ4n) is 1.64. The van der Waals surface area contributed by atoms with Crippen LogP contribution in [0.5, 0.6) is 0 Å². The van der Waals surface area contributed by atoms with E-state index >= 15 is 0 Å². The third-order valence-electron chi connectivity index (χ3n) is 2.41. The van der Waals surface area contributed by atoms with Gasteiger partial charge in [0.2, 0.25) is 0 Å². The average molecular weight is 213 g/mol. The lowest BCUT2D eigenvalue weighted by molar-refractivity contribution is 0.631. The van der Waals surface area contributed by atoms with E-state index in [0.717, 1.165) is 0 Å². The number of fused-ring (bicyclic) bond motifs is 1. The minimum Gasteiger partial charge on any atom is -0.304 e. The van der Waals surface area contributed by atoms with Crippen molar-refractivity contribution >= 4 is 5.65 Å². The van der Waals surface area contributed by atoms with Crippen molar-refractivity contribution in [3.63, 3.8) is 0 Å². The molecular weight excluding hydrogens is 205 g/mol. The third kappa shape index (κ3) is 1.35. The summed E-state index contributed by atoms with van der Waals surface area (Å²) < 4.78 is 15.4. The highest BCUT2D eigenvalue weighted by Gasteiger charge is 2.07. The summed E-state index contributed by atoms with van der Waals surface area (Å²) in [5.41, 5.74) is 1.83. The molecule has 78 valence electrons. The Labute approximate surface area is 91.2 Å². The van der Waals surface area contributed by atoms with Crippen molar-refractivity contribution in [3.05, 3.63) is 54.9 Å². The number of halogens is 1. The quantitative estimate of drug-likeness (QED) is 0.621. The number of hydrogen-bond donors (Lipinski definition) is 0. The molecule has 2 aromatic heterocycles. The molecule has 3 aromatic rings. The van der Waals surface area contributed by atoms with Crippen molar-refractivity contribution in [2.75, 3.05) is 0 Å². The molecule has 16 heavy (non-hydrogen) atoms. The molecule has 0 fully saturated rings. The topological polar surface area (TPSA) is 30.2 Å². The van der Waals surface area contributed by atoms with Gasteiger partial charge < -0.3 is 4.40 Å². The van der Waals surface area contributed by atoms with E-state index in [-0.39, 0.29) is 5.82 Å². The summed E-state index contributed by atoms with van der Waals surface area (Å²) in [5.74, 6) is -0.265. The van der Waals surface area contributed by atoms with Gasteiger partial charge in [-0.25, -0.2) is 9.37 Å². The lowest BCUT2D eigenvalue weighted by atomic mass is 10.1. The zero-order valence-electron chi connectivity index (χ0n) is 8.34. The lowest BCUT2D eigenvalue weighted by Gasteiger charge is -1.96. The van der Waals surface area contributed by atoms with Gasteiger partial charge in [-0.2, -0.15) is 0 Å². The van der Waals surface area contributed by atoms with Gasteiger partial charge in [-0.1, -0.05) is 12.1 Å². The summed E-state index contributed by atoms with van der Waals surface area (Å²) in [4.78, 5) is 8.27. The molecule has 0 aliphatic rings. The number of nitrogens with zero attached hydrogens (tertiary/aromatic N) is 3. The summed E-state index contributed by atoms with van der Waals surface area (Å²) in [7, 11) is 0. The first-order valence-corrected chi connectivity index (χ1v) is 4.88. The fourth-order valence-corrected chi connectivity index (χ4v) is 1.64. The molecular formula is C12H8FN3. The molecule has 0 aliphatic carbocycles. The van der Waals surface area contributed by atoms with Gasteiger partial charge in [0.25, 0.3) is 0 Å². The Kier molecular flexibility index (Phi) is 1.93. The zero-order valence-corrected chi connectivity index (χ0v) is 8.34. The van der Waals surface area contributed by atoms with Crippen molar-refractivity contribution in [1.82, 2.24) is 14.4 Å². The van der Waals surface area contributed by atoms with Gasteiger partial charge in [-0.3, -0.25) is 4.98 Å². The van der Waals surface area contributed by atoms with E-state index in [9.17, 15) is 4.39 Å². The van der Waals surface area contributed by atoms with E-state index in [0.29, 0.717) is 16.9 Å². The first kappa shape index (κ1) is 9.03. The van der Waals surface area contributed by atoms with Gasteiger partial charge in [-0.15, -0.1) is 0 Å². The molecule has 1 aromatic carbocycles. The van der Waals surface area contributed by atoms with Gasteiger partial charge in [0, 0.05) is 24.2 Å². The highest BCUT2D eigenvalue weighted by atomic mass is 19.1. The SMILES string of the molecule is Fc1ccccc1-c1cn2ccncc2n1. The molecule has 3 nitrogen and oxygen atoms in total. The number of aromatic nitrogens is 3. The van der Waals surface area contributed by atoms with Crippen LogP contribution in [0.1, 0.15) is 0 Å². The van der Waals surface area contributed by atoms with Crippen LogP contribution >= 0.6 is 0 Å². The van der Waals surface area contributed by atoms with Crippen molar-refractivity contribution < 1.29 is 4.39 Å². The Hall–Kier alpha value is -2.23. The maximum absolute atomic E-state index is 13.5. The van der Waals surface area contributed by atoms with Gasteiger partial charge >= 0.3 is 0 Å². The Morgan fingerprint density at radius 2 is 2.06 bits per heavy atom. The molecule has 0 saturated heterocycles. The van der Waals surface area contributed by atoms with E-state index in [1.54, 1.807) is 43.0 Å². The van der Waals surface area contributed by atoms with Crippen molar-refractivity contribution in [1.29, 1.82) is 0 Å². The van der Waals surface area contributed by atoms with Crippen molar-refractivity contribution in [2.45, 2.75) is 0 Å². The molecule has 0 saturated carbocycles. The van der Waals surface area contributed by atoms with Crippen LogP contribution in [0.15, 0.2) is 49.1 Å². The summed E-state index contributed by atoms with van der Waals surface area (Å²) in [5, 5.41) is 0. The predicted molar refractivity (Wildman–Crippen MR) is 58.4 cm³/mol. The summed E-state index contributed by atoms with van der Waals surface area (Å²) in [6.45, 7) is 0. The highest BCUT2D eigenvalue weighted by molar-refractivity contribution is 5.62. The fraction of sp³-hybridized carbons (Fsp3) is 0. The van der Waals surface area contributed by atoms with Crippen LogP contribution in [0.2, 0.25) is 0 Å². The first-order valence-electron chi connectivity index (χ1n) is 4.88. The monoisotopic (exact) mass is 213 g/mol. The normalized spacial score (nSPS) is 10.8. The first-order chi connectivity index (χ1) is 7.84. The molecule has 0 unspecified atom stereocenters. The standard InChI is InChI=1S/C12H8FN3/c13-10-4-2-1-3-9(10)11-8-16-6-5-14-7-12(16)15-11/h1-8H. The third-order valence-corrected chi connectivity index (χ3v) is 2.41. The van der Waals surface area contributed by atoms with Crippen LogP contribution in [0.3, 0.4) is 0 Å². The highest BCUT2D eigenvalue weighted by Crippen LogP contribution is 2.21. The van der Waals surface area contributed by atoms with Gasteiger partial charge in [0.1, 0.15) is 5.82 Å². The van der Waals surface area contributed by atoms with Crippen LogP contribution in [0.25, 0.3) is 16.9 Å². The number of rotatable bonds is 1. The Morgan fingerprint density at radius 3 is 2.88 bits per heavy atom. The molecule has 4 heteroatoms. The van der Waals surface area contributed by atoms with Crippen molar-refractivity contribution in [3.8, 4) is 11.3 Å². The van der Waals surface area contributed by atoms with Gasteiger partial charge in [0.05, 0.1) is 11.9 Å². The molecule has 0 aliphatic heterocycles. The van der Waals surface area contributed by atoms with Crippen LogP contribution in [-0.4, -0.2) is 14.4 Å². The minimum absolute atomic E-state index is 0.265. The second kappa shape index (κ2) is 3.41. The van der Waals surface area contributed by atoms with Crippen LogP contribution in [-0.2, 0) is 0 Å². The van der Waals surface area contributed by atoms with Crippen molar-refractivity contribution in [2.24, 2.45) is 0 Å². The molecule has 3 rings (SSSR count). The molecule has 0 N–H and O–H groups in total. The van der Waals surface area contributed by atoms with Crippen LogP contribution in [0.4, 0.5) is 4.39 Å². The second-order valence-electron chi connectivity index (χ2n) is 3.45. The summed E-state index contributed by atoms with van der Waals surface area (Å²) in [6, 6.07) is 6.60. The average Bonchev–Trinajstić information content (AvgIpc) is 2.73. The largest absolute Gasteiger partial charge is 0.304 e. The zero-order chi connectivity index (χ0) is 11.0. The maximum Gasteiger partial charge on any atom is 0.155 e. The van der Waals surface area contributed by atoms with Gasteiger partial charge in [0.15, 0.2) is 5.65 Å². The van der Waals surface area contributed by atoms with E-state index in [1.165, 1.54) is 6.07 Å². The molecule has 0 radical (unpaired) electrons. The second-order valence-corrected chi connectivity index (χ2v) is 3.45. The maximum atomic E-state index is 13.5. The van der Waals surface area contributed by atoms with Crippen LogP contribution < -0.4 is 0 Å². The van der Waals surface area contributed by atoms with E-state index in [1.807, 2.05) is 4.40 Å². The Balaban J connectivity index is 2.23. The predicted octanol–water partition coefficient (Wildman–Crippen LogP) is 2.54. The number of benzene rings is 1. The summed E-state index contributed by atoms with van der Waals surface area (Å²) >= 11 is 0.